The van der Waals surface area contributed by atoms with E-state index in [4.69, 9.17) is 15.6 Å². The van der Waals surface area contributed by atoms with Crippen LogP contribution in [0.2, 0.25) is 0 Å². The monoisotopic (exact) mass is 280 g/mol. The van der Waals surface area contributed by atoms with Crippen LogP contribution in [0, 0.1) is 0 Å². The fourth-order valence-corrected chi connectivity index (χ4v) is 1.54. The van der Waals surface area contributed by atoms with Gasteiger partial charge in [-0.15, -0.1) is 0 Å². The molecule has 6 heteroatoms. The van der Waals surface area contributed by atoms with Crippen molar-refractivity contribution in [2.24, 2.45) is 5.73 Å². The van der Waals surface area contributed by atoms with Crippen molar-refractivity contribution in [3.63, 3.8) is 0 Å². The number of amides is 1. The first-order valence-corrected chi connectivity index (χ1v) is 6.25. The molecule has 0 spiro atoms. The van der Waals surface area contributed by atoms with Crippen LogP contribution >= 0.6 is 0 Å². The summed E-state index contributed by atoms with van der Waals surface area (Å²) in [6.07, 6.45) is -0.682. The van der Waals surface area contributed by atoms with Gasteiger partial charge in [0.2, 0.25) is 0 Å². The van der Waals surface area contributed by atoms with Crippen LogP contribution in [-0.4, -0.2) is 22.8 Å². The van der Waals surface area contributed by atoms with Crippen molar-refractivity contribution >= 4 is 17.7 Å². The Hall–Kier alpha value is -2.08. The number of carboxylic acid groups (broad SMARTS) is 1. The van der Waals surface area contributed by atoms with Crippen molar-refractivity contribution < 1.29 is 19.4 Å². The predicted octanol–water partition coefficient (Wildman–Crippen LogP) is 2.51. The quantitative estimate of drug-likeness (QED) is 0.786. The van der Waals surface area contributed by atoms with Crippen LogP contribution in [0.15, 0.2) is 24.3 Å². The van der Waals surface area contributed by atoms with Gasteiger partial charge in [-0.2, -0.15) is 0 Å². The molecule has 0 radical (unpaired) electrons. The summed E-state index contributed by atoms with van der Waals surface area (Å²) in [5.74, 6) is -0.951. The first kappa shape index (κ1) is 16.0. The minimum atomic E-state index is -0.951. The van der Waals surface area contributed by atoms with Gasteiger partial charge in [0.25, 0.3) is 0 Å². The van der Waals surface area contributed by atoms with Crippen LogP contribution in [0.3, 0.4) is 0 Å². The lowest BCUT2D eigenvalue weighted by Crippen LogP contribution is -2.27. The molecule has 0 aliphatic heterocycles. The standard InChI is InChI=1S/C14H20N2O4/c1-14(2,3)20-13(19)16-10-6-4-9(5-7-10)11(15)8-12(17)18/h4-7,11H,8,15H2,1-3H3,(H,16,19)(H,17,18)/t11-/m1/s1. The minimum Gasteiger partial charge on any atom is -0.481 e. The third kappa shape index (κ3) is 5.71. The van der Waals surface area contributed by atoms with Crippen molar-refractivity contribution in [2.75, 3.05) is 5.32 Å². The molecule has 1 rings (SSSR count). The predicted molar refractivity (Wildman–Crippen MR) is 75.5 cm³/mol. The lowest BCUT2D eigenvalue weighted by molar-refractivity contribution is -0.137. The Morgan fingerprint density at radius 2 is 1.85 bits per heavy atom. The van der Waals surface area contributed by atoms with Crippen molar-refractivity contribution in [2.45, 2.75) is 38.8 Å². The number of carboxylic acids is 1. The van der Waals surface area contributed by atoms with E-state index < -0.39 is 23.7 Å². The molecule has 0 aliphatic carbocycles. The molecule has 20 heavy (non-hydrogen) atoms. The molecule has 0 unspecified atom stereocenters. The summed E-state index contributed by atoms with van der Waals surface area (Å²) < 4.78 is 5.12. The van der Waals surface area contributed by atoms with Crippen LogP contribution < -0.4 is 11.1 Å². The molecule has 0 fully saturated rings. The van der Waals surface area contributed by atoms with Gasteiger partial charge in [0.15, 0.2) is 0 Å². The highest BCUT2D eigenvalue weighted by Gasteiger charge is 2.16. The first-order chi connectivity index (χ1) is 9.17. The Labute approximate surface area is 117 Å². The molecule has 6 nitrogen and oxygen atoms in total. The summed E-state index contributed by atoms with van der Waals surface area (Å²) in [6, 6.07) is 6.10. The Morgan fingerprint density at radius 1 is 1.30 bits per heavy atom. The lowest BCUT2D eigenvalue weighted by Gasteiger charge is -2.19. The Balaban J connectivity index is 2.63. The summed E-state index contributed by atoms with van der Waals surface area (Å²) in [5.41, 5.74) is 6.43. The van der Waals surface area contributed by atoms with Crippen molar-refractivity contribution in [1.29, 1.82) is 0 Å². The van der Waals surface area contributed by atoms with Gasteiger partial charge in [-0.3, -0.25) is 10.1 Å². The number of hydrogen-bond acceptors (Lipinski definition) is 4. The van der Waals surface area contributed by atoms with Crippen LogP contribution in [0.5, 0.6) is 0 Å². The molecule has 0 saturated heterocycles. The summed E-state index contributed by atoms with van der Waals surface area (Å²) in [5, 5.41) is 11.3. The molecule has 0 aliphatic rings. The Bertz CT molecular complexity index is 477. The maximum Gasteiger partial charge on any atom is 0.412 e. The number of aliphatic carboxylic acids is 1. The smallest absolute Gasteiger partial charge is 0.412 e. The largest absolute Gasteiger partial charge is 0.481 e. The van der Waals surface area contributed by atoms with Crippen LogP contribution in [0.4, 0.5) is 10.5 Å². The molecular formula is C14H20N2O4. The van der Waals surface area contributed by atoms with Crippen LogP contribution in [0.1, 0.15) is 38.8 Å². The highest BCUT2D eigenvalue weighted by atomic mass is 16.6. The number of nitrogens with one attached hydrogen (secondary N) is 1. The number of nitrogens with two attached hydrogens (primary N) is 1. The maximum absolute atomic E-state index is 11.6. The fourth-order valence-electron chi connectivity index (χ4n) is 1.54. The summed E-state index contributed by atoms with van der Waals surface area (Å²) in [7, 11) is 0. The van der Waals surface area contributed by atoms with Crippen LogP contribution in [0.25, 0.3) is 0 Å². The lowest BCUT2D eigenvalue weighted by atomic mass is 10.0. The topological polar surface area (TPSA) is 102 Å². The van der Waals surface area contributed by atoms with Crippen molar-refractivity contribution in [3.05, 3.63) is 29.8 Å². The zero-order chi connectivity index (χ0) is 15.3. The highest BCUT2D eigenvalue weighted by molar-refractivity contribution is 5.84. The van der Waals surface area contributed by atoms with Gasteiger partial charge in [-0.25, -0.2) is 4.79 Å². The molecule has 110 valence electrons. The molecule has 4 N–H and O–H groups in total. The Kier molecular flexibility index (Phi) is 5.10. The number of carbonyl (C=O) groups excluding carboxylic acids is 1. The molecule has 1 aromatic carbocycles. The number of hydrogen-bond donors (Lipinski definition) is 3. The van der Waals surface area contributed by atoms with E-state index in [9.17, 15) is 9.59 Å². The third-order valence-corrected chi connectivity index (χ3v) is 2.38. The van der Waals surface area contributed by atoms with Crippen LogP contribution in [-0.2, 0) is 9.53 Å². The van der Waals surface area contributed by atoms with E-state index in [0.717, 1.165) is 0 Å². The second-order valence-corrected chi connectivity index (χ2v) is 5.45. The van der Waals surface area contributed by atoms with E-state index in [2.05, 4.69) is 5.32 Å². The number of benzene rings is 1. The van der Waals surface area contributed by atoms with Gasteiger partial charge in [0.05, 0.1) is 6.42 Å². The second kappa shape index (κ2) is 6.38. The average Bonchev–Trinajstić information content (AvgIpc) is 2.26. The van der Waals surface area contributed by atoms with Gasteiger partial charge < -0.3 is 15.6 Å². The van der Waals surface area contributed by atoms with E-state index in [0.29, 0.717) is 11.3 Å². The molecule has 0 saturated carbocycles. The van der Waals surface area contributed by atoms with E-state index in [1.54, 1.807) is 45.0 Å². The fraction of sp³-hybridized carbons (Fsp3) is 0.429. The molecule has 0 bridgehead atoms. The van der Waals surface area contributed by atoms with Gasteiger partial charge in [-0.05, 0) is 38.5 Å². The summed E-state index contributed by atoms with van der Waals surface area (Å²) >= 11 is 0. The van der Waals surface area contributed by atoms with E-state index >= 15 is 0 Å². The van der Waals surface area contributed by atoms with E-state index in [1.807, 2.05) is 0 Å². The Morgan fingerprint density at radius 3 is 2.30 bits per heavy atom. The molecule has 1 amide bonds. The normalized spacial score (nSPS) is 12.6. The van der Waals surface area contributed by atoms with Gasteiger partial charge in [0.1, 0.15) is 5.60 Å². The SMILES string of the molecule is CC(C)(C)OC(=O)Nc1ccc([C@H](N)CC(=O)O)cc1. The molecule has 0 aromatic heterocycles. The zero-order valence-electron chi connectivity index (χ0n) is 11.8. The van der Waals surface area contributed by atoms with Gasteiger partial charge in [0, 0.05) is 11.7 Å². The van der Waals surface area contributed by atoms with E-state index in [-0.39, 0.29) is 6.42 Å². The van der Waals surface area contributed by atoms with Gasteiger partial charge in [-0.1, -0.05) is 12.1 Å². The summed E-state index contributed by atoms with van der Waals surface area (Å²) in [4.78, 5) is 22.1. The number of rotatable bonds is 4. The first-order valence-electron chi connectivity index (χ1n) is 6.25. The summed E-state index contributed by atoms with van der Waals surface area (Å²) in [6.45, 7) is 5.34. The molecular weight excluding hydrogens is 260 g/mol. The van der Waals surface area contributed by atoms with Crippen molar-refractivity contribution in [3.8, 4) is 0 Å². The molecule has 0 heterocycles. The number of ether oxygens (including phenoxy) is 1. The highest BCUT2D eigenvalue weighted by Crippen LogP contribution is 2.18. The second-order valence-electron chi connectivity index (χ2n) is 5.45. The number of carbonyl (C=O) groups is 2. The van der Waals surface area contributed by atoms with Gasteiger partial charge >= 0.3 is 12.1 Å². The third-order valence-electron chi connectivity index (χ3n) is 2.38. The average molecular weight is 280 g/mol. The molecule has 1 atom stereocenters. The number of anilines is 1. The van der Waals surface area contributed by atoms with E-state index in [1.165, 1.54) is 0 Å². The van der Waals surface area contributed by atoms with Crippen molar-refractivity contribution in [1.82, 2.24) is 0 Å². The maximum atomic E-state index is 11.6. The molecule has 1 aromatic rings. The zero-order valence-corrected chi connectivity index (χ0v) is 11.8. The minimum absolute atomic E-state index is 0.140.